The number of rotatable bonds is 3. The van der Waals surface area contributed by atoms with Crippen molar-refractivity contribution in [1.82, 2.24) is 15.3 Å². The molecule has 2 rings (SSSR count). The zero-order chi connectivity index (χ0) is 12.1. The summed E-state index contributed by atoms with van der Waals surface area (Å²) >= 11 is 0. The lowest BCUT2D eigenvalue weighted by Crippen LogP contribution is -1.92. The Morgan fingerprint density at radius 3 is 2.94 bits per heavy atom. The highest BCUT2D eigenvalue weighted by molar-refractivity contribution is 5.81. The molecule has 0 radical (unpaired) electrons. The molecule has 0 aliphatic carbocycles. The Labute approximate surface area is 101 Å². The van der Waals surface area contributed by atoms with Crippen molar-refractivity contribution in [3.05, 3.63) is 54.5 Å². The number of fused-ring (bicyclic) bond motifs is 1. The summed E-state index contributed by atoms with van der Waals surface area (Å²) in [5, 5.41) is 2.98. The summed E-state index contributed by atoms with van der Waals surface area (Å²) in [4.78, 5) is 8.71. The number of hydrogen-bond acceptors (Lipinski definition) is 3. The van der Waals surface area contributed by atoms with Gasteiger partial charge in [0.2, 0.25) is 0 Å². The van der Waals surface area contributed by atoms with Crippen molar-refractivity contribution in [2.75, 3.05) is 7.05 Å². The Hall–Kier alpha value is -2.16. The molecule has 2 heterocycles. The molecule has 0 amide bonds. The van der Waals surface area contributed by atoms with Crippen molar-refractivity contribution in [3.63, 3.8) is 0 Å². The van der Waals surface area contributed by atoms with E-state index in [-0.39, 0.29) is 0 Å². The molecule has 0 saturated carbocycles. The molecule has 0 bridgehead atoms. The van der Waals surface area contributed by atoms with Crippen LogP contribution in [-0.2, 0) is 0 Å². The van der Waals surface area contributed by atoms with Crippen LogP contribution in [0.1, 0.15) is 12.5 Å². The lowest BCUT2D eigenvalue weighted by atomic mass is 10.1. The van der Waals surface area contributed by atoms with Gasteiger partial charge in [-0.1, -0.05) is 6.08 Å². The van der Waals surface area contributed by atoms with Crippen LogP contribution in [0.25, 0.3) is 16.6 Å². The first-order valence-electron chi connectivity index (χ1n) is 5.56. The second-order valence-electron chi connectivity index (χ2n) is 3.63. The maximum absolute atomic E-state index is 4.40. The molecule has 2 aromatic rings. The average molecular weight is 225 g/mol. The molecule has 0 unspecified atom stereocenters. The maximum atomic E-state index is 4.40. The van der Waals surface area contributed by atoms with E-state index in [0.29, 0.717) is 0 Å². The second kappa shape index (κ2) is 5.25. The van der Waals surface area contributed by atoms with Crippen LogP contribution in [-0.4, -0.2) is 17.0 Å². The minimum atomic E-state index is 0.919. The monoisotopic (exact) mass is 225 g/mol. The van der Waals surface area contributed by atoms with Gasteiger partial charge in [-0.05, 0) is 43.0 Å². The van der Waals surface area contributed by atoms with Crippen LogP contribution < -0.4 is 5.32 Å². The number of allylic oxidation sites excluding steroid dienone is 3. The molecular weight excluding hydrogens is 210 g/mol. The first kappa shape index (κ1) is 11.3. The average Bonchev–Trinajstić information content (AvgIpc) is 2.39. The van der Waals surface area contributed by atoms with Crippen molar-refractivity contribution < 1.29 is 0 Å². The predicted molar refractivity (Wildman–Crippen MR) is 71.4 cm³/mol. The van der Waals surface area contributed by atoms with Gasteiger partial charge in [0.1, 0.15) is 0 Å². The molecular formula is C14H15N3. The van der Waals surface area contributed by atoms with E-state index in [1.165, 1.54) is 0 Å². The van der Waals surface area contributed by atoms with Gasteiger partial charge in [-0.15, -0.1) is 0 Å². The molecule has 0 spiro atoms. The Bertz CT molecular complexity index is 570. The third-order valence-corrected chi connectivity index (χ3v) is 2.53. The van der Waals surface area contributed by atoms with Gasteiger partial charge in [0.05, 0.1) is 11.0 Å². The number of aromatic nitrogens is 2. The number of hydrogen-bond donors (Lipinski definition) is 1. The summed E-state index contributed by atoms with van der Waals surface area (Å²) in [6, 6.07) is 5.91. The lowest BCUT2D eigenvalue weighted by molar-refractivity contribution is 1.10. The second-order valence-corrected chi connectivity index (χ2v) is 3.63. The molecule has 0 aromatic carbocycles. The molecule has 1 N–H and O–H groups in total. The smallest absolute Gasteiger partial charge is 0.0892 e. The fourth-order valence-electron chi connectivity index (χ4n) is 1.64. The predicted octanol–water partition coefficient (Wildman–Crippen LogP) is 2.77. The van der Waals surface area contributed by atoms with Gasteiger partial charge in [-0.3, -0.25) is 9.97 Å². The molecule has 0 saturated heterocycles. The molecule has 0 aliphatic heterocycles. The van der Waals surface area contributed by atoms with Crippen molar-refractivity contribution >= 4 is 16.6 Å². The van der Waals surface area contributed by atoms with E-state index in [1.54, 1.807) is 6.20 Å². The summed E-state index contributed by atoms with van der Waals surface area (Å²) in [6.45, 7) is 2.01. The van der Waals surface area contributed by atoms with E-state index in [1.807, 2.05) is 44.6 Å². The summed E-state index contributed by atoms with van der Waals surface area (Å²) in [5.41, 5.74) is 4.04. The number of pyridine rings is 2. The van der Waals surface area contributed by atoms with Gasteiger partial charge in [0, 0.05) is 25.0 Å². The highest BCUT2D eigenvalue weighted by Crippen LogP contribution is 2.18. The van der Waals surface area contributed by atoms with E-state index < -0.39 is 0 Å². The van der Waals surface area contributed by atoms with E-state index in [9.17, 15) is 0 Å². The Balaban J connectivity index is 2.45. The fraction of sp³-hybridized carbons (Fsp3) is 0.143. The summed E-state index contributed by atoms with van der Waals surface area (Å²) in [7, 11) is 1.88. The molecule has 17 heavy (non-hydrogen) atoms. The zero-order valence-corrected chi connectivity index (χ0v) is 10.0. The molecule has 3 nitrogen and oxygen atoms in total. The number of nitrogens with one attached hydrogen (secondary N) is 1. The first-order chi connectivity index (χ1) is 8.35. The first-order valence-corrected chi connectivity index (χ1v) is 5.56. The molecule has 0 aliphatic rings. The van der Waals surface area contributed by atoms with Crippen LogP contribution in [0.15, 0.2) is 48.9 Å². The van der Waals surface area contributed by atoms with Crippen LogP contribution in [0.2, 0.25) is 0 Å². The fourth-order valence-corrected chi connectivity index (χ4v) is 1.64. The van der Waals surface area contributed by atoms with Crippen molar-refractivity contribution in [2.45, 2.75) is 6.92 Å². The van der Waals surface area contributed by atoms with Crippen LogP contribution in [0, 0.1) is 0 Å². The zero-order valence-electron chi connectivity index (χ0n) is 10.0. The highest BCUT2D eigenvalue weighted by atomic mass is 14.8. The van der Waals surface area contributed by atoms with Gasteiger partial charge in [0.25, 0.3) is 0 Å². The van der Waals surface area contributed by atoms with Gasteiger partial charge in [-0.2, -0.15) is 0 Å². The molecule has 0 fully saturated rings. The Kier molecular flexibility index (Phi) is 3.50. The molecule has 0 atom stereocenters. The third-order valence-electron chi connectivity index (χ3n) is 2.53. The Morgan fingerprint density at radius 2 is 2.18 bits per heavy atom. The minimum Gasteiger partial charge on any atom is -0.394 e. The molecule has 3 heteroatoms. The molecule has 2 aromatic heterocycles. The summed E-state index contributed by atoms with van der Waals surface area (Å²) in [5.74, 6) is 0. The van der Waals surface area contributed by atoms with Crippen LogP contribution in [0.3, 0.4) is 0 Å². The number of nitrogens with zero attached hydrogens (tertiary/aromatic N) is 2. The standard InChI is InChI=1S/C14H15N3/c1-3-11(6-8-15-2)12-9-14-13(17-10-12)5-4-7-16-14/h3-10,15H,1-2H3/b8-6-,11-3+. The van der Waals surface area contributed by atoms with Crippen LogP contribution in [0.4, 0.5) is 0 Å². The SMILES string of the molecule is C/C=C(\C=C/NC)c1cnc2cccnc2c1. The van der Waals surface area contributed by atoms with Gasteiger partial charge in [-0.25, -0.2) is 0 Å². The normalized spacial score (nSPS) is 12.2. The van der Waals surface area contributed by atoms with Gasteiger partial charge < -0.3 is 5.32 Å². The summed E-state index contributed by atoms with van der Waals surface area (Å²) in [6.07, 6.45) is 9.63. The van der Waals surface area contributed by atoms with Crippen molar-refractivity contribution in [2.24, 2.45) is 0 Å². The van der Waals surface area contributed by atoms with Crippen LogP contribution >= 0.6 is 0 Å². The van der Waals surface area contributed by atoms with Crippen molar-refractivity contribution in [3.8, 4) is 0 Å². The van der Waals surface area contributed by atoms with Gasteiger partial charge in [0.15, 0.2) is 0 Å². The third kappa shape index (κ3) is 2.50. The quantitative estimate of drug-likeness (QED) is 0.816. The Morgan fingerprint density at radius 1 is 1.29 bits per heavy atom. The lowest BCUT2D eigenvalue weighted by Gasteiger charge is -2.03. The topological polar surface area (TPSA) is 37.8 Å². The van der Waals surface area contributed by atoms with Crippen molar-refractivity contribution in [1.29, 1.82) is 0 Å². The van der Waals surface area contributed by atoms with Crippen LogP contribution in [0.5, 0.6) is 0 Å². The molecule has 86 valence electrons. The largest absolute Gasteiger partial charge is 0.394 e. The van der Waals surface area contributed by atoms with E-state index in [2.05, 4.69) is 27.4 Å². The minimum absolute atomic E-state index is 0.919. The van der Waals surface area contributed by atoms with E-state index in [0.717, 1.165) is 22.2 Å². The summed E-state index contributed by atoms with van der Waals surface area (Å²) < 4.78 is 0. The van der Waals surface area contributed by atoms with Gasteiger partial charge >= 0.3 is 0 Å². The highest BCUT2D eigenvalue weighted by Gasteiger charge is 2.00. The van der Waals surface area contributed by atoms with E-state index >= 15 is 0 Å². The van der Waals surface area contributed by atoms with E-state index in [4.69, 9.17) is 0 Å². The maximum Gasteiger partial charge on any atom is 0.0892 e.